The third kappa shape index (κ3) is 2.80. The van der Waals surface area contributed by atoms with Crippen molar-refractivity contribution in [2.24, 2.45) is 0 Å². The van der Waals surface area contributed by atoms with Crippen LogP contribution in [0.1, 0.15) is 15.9 Å². The zero-order valence-corrected chi connectivity index (χ0v) is 9.11. The van der Waals surface area contributed by atoms with E-state index in [0.29, 0.717) is 11.3 Å². The van der Waals surface area contributed by atoms with E-state index in [9.17, 15) is 9.59 Å². The van der Waals surface area contributed by atoms with E-state index in [4.69, 9.17) is 5.11 Å². The number of aryl methyl sites for hydroxylation is 1. The molecule has 1 rings (SSSR count). The number of carboxylic acids is 1. The van der Waals surface area contributed by atoms with Crippen molar-refractivity contribution in [3.8, 4) is 0 Å². The molecule has 0 saturated carbocycles. The number of ether oxygens (including phenoxy) is 1. The van der Waals surface area contributed by atoms with Gasteiger partial charge in [-0.25, -0.2) is 4.79 Å². The first-order valence-electron chi connectivity index (χ1n) is 4.68. The van der Waals surface area contributed by atoms with Crippen molar-refractivity contribution < 1.29 is 19.4 Å². The monoisotopic (exact) mass is 223 g/mol. The molecule has 16 heavy (non-hydrogen) atoms. The molecule has 0 heterocycles. The summed E-state index contributed by atoms with van der Waals surface area (Å²) in [4.78, 5) is 22.2. The molecular weight excluding hydrogens is 210 g/mol. The fraction of sp³-hybridized carbons (Fsp3) is 0.273. The molecule has 0 aliphatic rings. The van der Waals surface area contributed by atoms with Gasteiger partial charge in [0.1, 0.15) is 6.61 Å². The van der Waals surface area contributed by atoms with Crippen molar-refractivity contribution in [1.29, 1.82) is 0 Å². The maximum Gasteiger partial charge on any atom is 0.337 e. The van der Waals surface area contributed by atoms with Gasteiger partial charge in [-0.3, -0.25) is 4.79 Å². The minimum atomic E-state index is -1.07. The van der Waals surface area contributed by atoms with Crippen LogP contribution < -0.4 is 5.32 Å². The maximum absolute atomic E-state index is 11.3. The number of nitrogens with one attached hydrogen (secondary N) is 1. The number of hydrogen-bond donors (Lipinski definition) is 2. The van der Waals surface area contributed by atoms with Crippen LogP contribution >= 0.6 is 0 Å². The number of methoxy groups -OCH3 is 1. The maximum atomic E-state index is 11.3. The summed E-state index contributed by atoms with van der Waals surface area (Å²) in [7, 11) is 1.40. The Labute approximate surface area is 93.0 Å². The lowest BCUT2D eigenvalue weighted by molar-refractivity contribution is -0.119. The first-order chi connectivity index (χ1) is 7.56. The summed E-state index contributed by atoms with van der Waals surface area (Å²) in [5.74, 6) is -1.45. The highest BCUT2D eigenvalue weighted by molar-refractivity contribution is 6.01. The van der Waals surface area contributed by atoms with Gasteiger partial charge in [0.25, 0.3) is 0 Å². The molecule has 0 bridgehead atoms. The smallest absolute Gasteiger partial charge is 0.337 e. The Bertz CT molecular complexity index is 414. The Morgan fingerprint density at radius 1 is 1.44 bits per heavy atom. The molecule has 0 saturated heterocycles. The van der Waals surface area contributed by atoms with E-state index >= 15 is 0 Å². The molecule has 0 unspecified atom stereocenters. The van der Waals surface area contributed by atoms with E-state index in [1.807, 2.05) is 0 Å². The number of aromatic carboxylic acids is 1. The fourth-order valence-electron chi connectivity index (χ4n) is 1.32. The molecule has 0 aliphatic heterocycles. The summed E-state index contributed by atoms with van der Waals surface area (Å²) in [6, 6.07) is 4.80. The van der Waals surface area contributed by atoms with Crippen molar-refractivity contribution in [2.75, 3.05) is 19.0 Å². The van der Waals surface area contributed by atoms with Crippen molar-refractivity contribution in [2.45, 2.75) is 6.92 Å². The molecule has 5 heteroatoms. The minimum absolute atomic E-state index is 0.0736. The molecular formula is C11H13NO4. The van der Waals surface area contributed by atoms with Crippen LogP contribution in [0.4, 0.5) is 5.69 Å². The van der Waals surface area contributed by atoms with Crippen LogP contribution in [0.25, 0.3) is 0 Å². The van der Waals surface area contributed by atoms with Crippen LogP contribution in [0, 0.1) is 6.92 Å². The zero-order chi connectivity index (χ0) is 12.1. The second kappa shape index (κ2) is 5.27. The molecule has 0 fully saturated rings. The fourth-order valence-corrected chi connectivity index (χ4v) is 1.32. The van der Waals surface area contributed by atoms with Gasteiger partial charge in [-0.05, 0) is 18.6 Å². The van der Waals surface area contributed by atoms with Crippen molar-refractivity contribution >= 4 is 17.6 Å². The van der Waals surface area contributed by atoms with E-state index in [1.54, 1.807) is 19.1 Å². The lowest BCUT2D eigenvalue weighted by atomic mass is 10.1. The molecule has 0 atom stereocenters. The highest BCUT2D eigenvalue weighted by Crippen LogP contribution is 2.20. The number of para-hydroxylation sites is 1. The van der Waals surface area contributed by atoms with E-state index < -0.39 is 5.97 Å². The average Bonchev–Trinajstić information content (AvgIpc) is 2.21. The molecule has 0 aliphatic carbocycles. The Hall–Kier alpha value is -1.88. The minimum Gasteiger partial charge on any atom is -0.478 e. The third-order valence-electron chi connectivity index (χ3n) is 2.04. The molecule has 1 aromatic rings. The molecule has 0 spiro atoms. The van der Waals surface area contributed by atoms with Gasteiger partial charge in [0.05, 0.1) is 11.3 Å². The van der Waals surface area contributed by atoms with Gasteiger partial charge >= 0.3 is 5.97 Å². The third-order valence-corrected chi connectivity index (χ3v) is 2.04. The standard InChI is InChI=1S/C11H13NO4/c1-7-4-3-5-8(11(14)15)10(7)12-9(13)6-16-2/h3-5H,6H2,1-2H3,(H,12,13)(H,14,15). The Morgan fingerprint density at radius 2 is 2.12 bits per heavy atom. The van der Waals surface area contributed by atoms with Gasteiger partial charge in [-0.15, -0.1) is 0 Å². The SMILES string of the molecule is COCC(=O)Nc1c(C)cccc1C(=O)O. The summed E-state index contributed by atoms with van der Waals surface area (Å²) in [6.45, 7) is 1.63. The Balaban J connectivity index is 3.01. The largest absolute Gasteiger partial charge is 0.478 e. The highest BCUT2D eigenvalue weighted by Gasteiger charge is 2.13. The van der Waals surface area contributed by atoms with Gasteiger partial charge in [-0.1, -0.05) is 12.1 Å². The van der Waals surface area contributed by atoms with Gasteiger partial charge < -0.3 is 15.2 Å². The van der Waals surface area contributed by atoms with Crippen LogP contribution in [-0.4, -0.2) is 30.7 Å². The molecule has 5 nitrogen and oxygen atoms in total. The van der Waals surface area contributed by atoms with Crippen LogP contribution in [0.5, 0.6) is 0 Å². The number of amides is 1. The summed E-state index contributed by atoms with van der Waals surface area (Å²) >= 11 is 0. The number of rotatable bonds is 4. The Kier molecular flexibility index (Phi) is 4.02. The first kappa shape index (κ1) is 12.2. The highest BCUT2D eigenvalue weighted by atomic mass is 16.5. The van der Waals surface area contributed by atoms with E-state index in [1.165, 1.54) is 13.2 Å². The van der Waals surface area contributed by atoms with Crippen LogP contribution in [0.15, 0.2) is 18.2 Å². The predicted molar refractivity (Wildman–Crippen MR) is 58.6 cm³/mol. The molecule has 0 aromatic heterocycles. The van der Waals surface area contributed by atoms with Gasteiger partial charge in [0.15, 0.2) is 0 Å². The number of anilines is 1. The predicted octanol–water partition coefficient (Wildman–Crippen LogP) is 1.28. The molecule has 0 radical (unpaired) electrons. The number of carboxylic acid groups (broad SMARTS) is 1. The van der Waals surface area contributed by atoms with Gasteiger partial charge in [0, 0.05) is 7.11 Å². The normalized spacial score (nSPS) is 9.88. The zero-order valence-electron chi connectivity index (χ0n) is 9.11. The first-order valence-corrected chi connectivity index (χ1v) is 4.68. The number of carbonyl (C=O) groups is 2. The van der Waals surface area contributed by atoms with Gasteiger partial charge in [-0.2, -0.15) is 0 Å². The summed E-state index contributed by atoms with van der Waals surface area (Å²) < 4.78 is 4.66. The molecule has 1 aromatic carbocycles. The number of hydrogen-bond acceptors (Lipinski definition) is 3. The topological polar surface area (TPSA) is 75.6 Å². The van der Waals surface area contributed by atoms with Gasteiger partial charge in [0.2, 0.25) is 5.91 Å². The van der Waals surface area contributed by atoms with Crippen LogP contribution in [0.3, 0.4) is 0 Å². The lowest BCUT2D eigenvalue weighted by Gasteiger charge is -2.10. The average molecular weight is 223 g/mol. The van der Waals surface area contributed by atoms with Crippen LogP contribution in [-0.2, 0) is 9.53 Å². The molecule has 86 valence electrons. The quantitative estimate of drug-likeness (QED) is 0.806. The Morgan fingerprint density at radius 3 is 2.69 bits per heavy atom. The second-order valence-corrected chi connectivity index (χ2v) is 3.28. The second-order valence-electron chi connectivity index (χ2n) is 3.28. The van der Waals surface area contributed by atoms with E-state index in [-0.39, 0.29) is 18.1 Å². The number of carbonyl (C=O) groups excluding carboxylic acids is 1. The lowest BCUT2D eigenvalue weighted by Crippen LogP contribution is -2.19. The molecule has 2 N–H and O–H groups in total. The summed E-state index contributed by atoms with van der Waals surface area (Å²) in [6.07, 6.45) is 0. The summed E-state index contributed by atoms with van der Waals surface area (Å²) in [5.41, 5.74) is 1.09. The van der Waals surface area contributed by atoms with Crippen molar-refractivity contribution in [1.82, 2.24) is 0 Å². The van der Waals surface area contributed by atoms with Crippen molar-refractivity contribution in [3.05, 3.63) is 29.3 Å². The number of benzene rings is 1. The van der Waals surface area contributed by atoms with Crippen LogP contribution in [0.2, 0.25) is 0 Å². The molecule has 1 amide bonds. The van der Waals surface area contributed by atoms with E-state index in [2.05, 4.69) is 10.1 Å². The van der Waals surface area contributed by atoms with Crippen molar-refractivity contribution in [3.63, 3.8) is 0 Å². The van der Waals surface area contributed by atoms with E-state index in [0.717, 1.165) is 0 Å². The summed E-state index contributed by atoms with van der Waals surface area (Å²) in [5, 5.41) is 11.5.